The lowest BCUT2D eigenvalue weighted by atomic mass is 10.1. The van der Waals surface area contributed by atoms with Crippen molar-refractivity contribution in [3.63, 3.8) is 0 Å². The molecule has 3 atom stereocenters. The van der Waals surface area contributed by atoms with Gasteiger partial charge < -0.3 is 20.1 Å². The maximum Gasteiger partial charge on any atom is 0.0898 e. The maximum atomic E-state index is 9.97. The number of ether oxygens (including phenoxy) is 1. The molecule has 1 rings (SSSR count). The van der Waals surface area contributed by atoms with Crippen LogP contribution in [0.15, 0.2) is 30.3 Å². The smallest absolute Gasteiger partial charge is 0.0898 e. The molecule has 0 radical (unpaired) electrons. The Morgan fingerprint density at radius 1 is 1.19 bits per heavy atom. The largest absolute Gasteiger partial charge is 0.389 e. The van der Waals surface area contributed by atoms with E-state index in [1.807, 2.05) is 37.3 Å². The van der Waals surface area contributed by atoms with Crippen molar-refractivity contribution in [3.05, 3.63) is 35.9 Å². The second-order valence-corrected chi connectivity index (χ2v) is 5.94. The van der Waals surface area contributed by atoms with Crippen molar-refractivity contribution >= 4 is 0 Å². The van der Waals surface area contributed by atoms with Gasteiger partial charge in [-0.3, -0.25) is 0 Å². The zero-order valence-corrected chi connectivity index (χ0v) is 13.7. The van der Waals surface area contributed by atoms with E-state index in [0.717, 1.165) is 18.5 Å². The van der Waals surface area contributed by atoms with Crippen LogP contribution in [0.4, 0.5) is 0 Å². The summed E-state index contributed by atoms with van der Waals surface area (Å²) in [6.45, 7) is 6.12. The Labute approximate surface area is 129 Å². The number of hydrogen-bond donors (Lipinski definition) is 2. The van der Waals surface area contributed by atoms with Gasteiger partial charge >= 0.3 is 0 Å². The summed E-state index contributed by atoms with van der Waals surface area (Å²) in [7, 11) is 4.14. The van der Waals surface area contributed by atoms with Gasteiger partial charge in [-0.15, -0.1) is 0 Å². The van der Waals surface area contributed by atoms with E-state index in [1.165, 1.54) is 0 Å². The molecule has 120 valence electrons. The molecule has 4 heteroatoms. The van der Waals surface area contributed by atoms with Crippen LogP contribution in [0.25, 0.3) is 0 Å². The third kappa shape index (κ3) is 8.17. The molecule has 0 heterocycles. The van der Waals surface area contributed by atoms with Gasteiger partial charge in [0.05, 0.1) is 18.8 Å². The first-order chi connectivity index (χ1) is 9.99. The molecular formula is C17H30N2O2. The minimum absolute atomic E-state index is 0.00649. The molecule has 0 aromatic heterocycles. The van der Waals surface area contributed by atoms with Gasteiger partial charge in [0, 0.05) is 12.6 Å². The molecule has 0 bridgehead atoms. The Morgan fingerprint density at radius 3 is 2.48 bits per heavy atom. The van der Waals surface area contributed by atoms with Crippen LogP contribution in [0, 0.1) is 0 Å². The topological polar surface area (TPSA) is 44.7 Å². The highest BCUT2D eigenvalue weighted by atomic mass is 16.5. The third-order valence-corrected chi connectivity index (χ3v) is 3.52. The van der Waals surface area contributed by atoms with E-state index in [2.05, 4.69) is 31.2 Å². The Balaban J connectivity index is 2.17. The zero-order chi connectivity index (χ0) is 15.7. The summed E-state index contributed by atoms with van der Waals surface area (Å²) in [6, 6.07) is 10.5. The Hall–Kier alpha value is -0.940. The van der Waals surface area contributed by atoms with Crippen LogP contribution in [0.1, 0.15) is 31.9 Å². The molecule has 0 aliphatic rings. The molecule has 0 aliphatic carbocycles. The highest BCUT2D eigenvalue weighted by Crippen LogP contribution is 2.15. The molecule has 21 heavy (non-hydrogen) atoms. The monoisotopic (exact) mass is 294 g/mol. The maximum absolute atomic E-state index is 9.97. The van der Waals surface area contributed by atoms with E-state index in [-0.39, 0.29) is 6.10 Å². The number of nitrogens with zero attached hydrogens (tertiary/aromatic N) is 1. The summed E-state index contributed by atoms with van der Waals surface area (Å²) in [4.78, 5) is 2.17. The minimum atomic E-state index is -0.474. The molecule has 0 fully saturated rings. The normalized spacial score (nSPS) is 15.9. The van der Waals surface area contributed by atoms with Crippen molar-refractivity contribution in [1.82, 2.24) is 10.2 Å². The molecular weight excluding hydrogens is 264 g/mol. The number of rotatable bonds is 10. The molecule has 0 aliphatic heterocycles. The lowest BCUT2D eigenvalue weighted by molar-refractivity contribution is -0.00285. The van der Waals surface area contributed by atoms with Gasteiger partial charge in [0.2, 0.25) is 0 Å². The summed E-state index contributed by atoms with van der Waals surface area (Å²) in [5.41, 5.74) is 1.14. The van der Waals surface area contributed by atoms with Gasteiger partial charge in [-0.25, -0.2) is 0 Å². The standard InChI is InChI=1S/C17H30N2O2/c1-14(10-11-19(3)4)18-12-17(20)13-21-15(2)16-8-6-5-7-9-16/h5-9,14-15,17-18,20H,10-13H2,1-4H3. The van der Waals surface area contributed by atoms with Gasteiger partial charge in [-0.1, -0.05) is 30.3 Å². The predicted octanol–water partition coefficient (Wildman–Crippen LogP) is 2.05. The quantitative estimate of drug-likeness (QED) is 0.693. The first-order valence-corrected chi connectivity index (χ1v) is 7.71. The molecule has 1 aromatic rings. The fourth-order valence-electron chi connectivity index (χ4n) is 2.03. The minimum Gasteiger partial charge on any atom is -0.389 e. The van der Waals surface area contributed by atoms with Gasteiger partial charge in [0.25, 0.3) is 0 Å². The highest BCUT2D eigenvalue weighted by molar-refractivity contribution is 5.16. The van der Waals surface area contributed by atoms with Crippen LogP contribution >= 0.6 is 0 Å². The van der Waals surface area contributed by atoms with E-state index in [4.69, 9.17) is 4.74 Å². The van der Waals surface area contributed by atoms with Crippen LogP contribution < -0.4 is 5.32 Å². The van der Waals surface area contributed by atoms with E-state index >= 15 is 0 Å². The molecule has 0 saturated heterocycles. The van der Waals surface area contributed by atoms with Gasteiger partial charge in [0.1, 0.15) is 0 Å². The van der Waals surface area contributed by atoms with Crippen LogP contribution in [0.3, 0.4) is 0 Å². The summed E-state index contributed by atoms with van der Waals surface area (Å²) < 4.78 is 5.72. The Kier molecular flexibility index (Phi) is 8.54. The van der Waals surface area contributed by atoms with Gasteiger partial charge in [-0.05, 0) is 46.5 Å². The Bertz CT molecular complexity index is 370. The fraction of sp³-hybridized carbons (Fsp3) is 0.647. The molecule has 1 aromatic carbocycles. The van der Waals surface area contributed by atoms with Crippen molar-refractivity contribution in [2.24, 2.45) is 0 Å². The summed E-state index contributed by atoms with van der Waals surface area (Å²) in [5, 5.41) is 13.3. The number of benzene rings is 1. The van der Waals surface area contributed by atoms with Gasteiger partial charge in [0.15, 0.2) is 0 Å². The van der Waals surface area contributed by atoms with Crippen molar-refractivity contribution < 1.29 is 9.84 Å². The molecule has 0 spiro atoms. The van der Waals surface area contributed by atoms with Crippen LogP contribution in [-0.2, 0) is 4.74 Å². The zero-order valence-electron chi connectivity index (χ0n) is 13.7. The van der Waals surface area contributed by atoms with Crippen molar-refractivity contribution in [3.8, 4) is 0 Å². The first-order valence-electron chi connectivity index (χ1n) is 7.71. The van der Waals surface area contributed by atoms with Crippen molar-refractivity contribution in [2.45, 2.75) is 38.5 Å². The van der Waals surface area contributed by atoms with E-state index in [1.54, 1.807) is 0 Å². The third-order valence-electron chi connectivity index (χ3n) is 3.52. The second-order valence-electron chi connectivity index (χ2n) is 5.94. The van der Waals surface area contributed by atoms with E-state index in [0.29, 0.717) is 19.2 Å². The van der Waals surface area contributed by atoms with E-state index in [9.17, 15) is 5.11 Å². The van der Waals surface area contributed by atoms with Crippen molar-refractivity contribution in [1.29, 1.82) is 0 Å². The fourth-order valence-corrected chi connectivity index (χ4v) is 2.03. The Morgan fingerprint density at radius 2 is 1.86 bits per heavy atom. The molecule has 0 saturated carbocycles. The number of aliphatic hydroxyl groups excluding tert-OH is 1. The highest BCUT2D eigenvalue weighted by Gasteiger charge is 2.11. The van der Waals surface area contributed by atoms with Gasteiger partial charge in [-0.2, -0.15) is 0 Å². The van der Waals surface area contributed by atoms with Crippen LogP contribution in [0.2, 0.25) is 0 Å². The summed E-state index contributed by atoms with van der Waals surface area (Å²) in [5.74, 6) is 0. The average molecular weight is 294 g/mol. The molecule has 4 nitrogen and oxygen atoms in total. The molecule has 0 amide bonds. The summed E-state index contributed by atoms with van der Waals surface area (Å²) in [6.07, 6.45) is 0.603. The number of aliphatic hydroxyl groups is 1. The SMILES string of the molecule is CC(CCN(C)C)NCC(O)COC(C)c1ccccc1. The van der Waals surface area contributed by atoms with E-state index < -0.39 is 6.10 Å². The van der Waals surface area contributed by atoms with Crippen molar-refractivity contribution in [2.75, 3.05) is 33.8 Å². The average Bonchev–Trinajstić information content (AvgIpc) is 2.49. The predicted molar refractivity (Wildman–Crippen MR) is 87.5 cm³/mol. The first kappa shape index (κ1) is 18.1. The number of hydrogen-bond acceptors (Lipinski definition) is 4. The van der Waals surface area contributed by atoms with Crippen LogP contribution in [-0.4, -0.2) is 55.9 Å². The summed E-state index contributed by atoms with van der Waals surface area (Å²) >= 11 is 0. The number of nitrogens with one attached hydrogen (secondary N) is 1. The second kappa shape index (κ2) is 9.90. The molecule has 3 unspecified atom stereocenters. The lowest BCUT2D eigenvalue weighted by Crippen LogP contribution is -2.37. The molecule has 2 N–H and O–H groups in total. The van der Waals surface area contributed by atoms with Crippen LogP contribution in [0.5, 0.6) is 0 Å². The lowest BCUT2D eigenvalue weighted by Gasteiger charge is -2.20.